The molecular formula is C14H21N3O2. The fourth-order valence-corrected chi connectivity index (χ4v) is 2.31. The lowest BCUT2D eigenvalue weighted by atomic mass is 10.0. The van der Waals surface area contributed by atoms with Crippen LogP contribution in [0.1, 0.15) is 31.7 Å². The van der Waals surface area contributed by atoms with Gasteiger partial charge in [0.05, 0.1) is 11.4 Å². The normalized spacial score (nSPS) is 15.6. The molecule has 0 bridgehead atoms. The van der Waals surface area contributed by atoms with Crippen molar-refractivity contribution in [3.05, 3.63) is 17.7 Å². The smallest absolute Gasteiger partial charge is 0.224 e. The summed E-state index contributed by atoms with van der Waals surface area (Å²) in [5.74, 6) is 0.0524. The summed E-state index contributed by atoms with van der Waals surface area (Å²) in [6.07, 6.45) is 2.90. The molecule has 0 aromatic heterocycles. The van der Waals surface area contributed by atoms with Gasteiger partial charge >= 0.3 is 0 Å². The Morgan fingerprint density at radius 1 is 1.47 bits per heavy atom. The number of amides is 1. The first-order valence-electron chi connectivity index (χ1n) is 6.70. The molecule has 0 aliphatic carbocycles. The monoisotopic (exact) mass is 263 g/mol. The van der Waals surface area contributed by atoms with E-state index in [4.69, 9.17) is 10.8 Å². The topological polar surface area (TPSA) is 87.4 Å². The van der Waals surface area contributed by atoms with Crippen LogP contribution in [0.4, 0.5) is 17.1 Å². The number of hydrogen-bond donors (Lipinski definition) is 4. The van der Waals surface area contributed by atoms with Crippen LogP contribution in [0.3, 0.4) is 0 Å². The molecule has 2 rings (SSSR count). The number of anilines is 3. The van der Waals surface area contributed by atoms with Gasteiger partial charge in [-0.3, -0.25) is 4.79 Å². The van der Waals surface area contributed by atoms with Crippen LogP contribution in [0.5, 0.6) is 0 Å². The highest BCUT2D eigenvalue weighted by molar-refractivity contribution is 5.95. The number of benzene rings is 1. The van der Waals surface area contributed by atoms with Gasteiger partial charge in [0.2, 0.25) is 5.91 Å². The molecular weight excluding hydrogens is 242 g/mol. The van der Waals surface area contributed by atoms with E-state index in [9.17, 15) is 4.79 Å². The van der Waals surface area contributed by atoms with Crippen molar-refractivity contribution in [2.24, 2.45) is 0 Å². The largest absolute Gasteiger partial charge is 0.397 e. The second kappa shape index (κ2) is 5.93. The molecule has 1 aliphatic rings. The van der Waals surface area contributed by atoms with E-state index >= 15 is 0 Å². The van der Waals surface area contributed by atoms with Crippen molar-refractivity contribution in [1.29, 1.82) is 0 Å². The molecule has 19 heavy (non-hydrogen) atoms. The SMILES string of the molecule is CC(CCCO)Nc1cc2c(cc1N)CCC(=O)N2. The van der Waals surface area contributed by atoms with Crippen LogP contribution < -0.4 is 16.4 Å². The zero-order valence-electron chi connectivity index (χ0n) is 11.2. The molecule has 1 unspecified atom stereocenters. The van der Waals surface area contributed by atoms with E-state index in [1.807, 2.05) is 19.1 Å². The summed E-state index contributed by atoms with van der Waals surface area (Å²) in [5.41, 5.74) is 9.51. The van der Waals surface area contributed by atoms with Crippen molar-refractivity contribution < 1.29 is 9.90 Å². The van der Waals surface area contributed by atoms with Crippen molar-refractivity contribution in [2.75, 3.05) is 23.0 Å². The van der Waals surface area contributed by atoms with Crippen LogP contribution in [0.25, 0.3) is 0 Å². The first-order chi connectivity index (χ1) is 9.10. The molecule has 104 valence electrons. The Hall–Kier alpha value is -1.75. The second-order valence-electron chi connectivity index (χ2n) is 5.06. The van der Waals surface area contributed by atoms with Crippen molar-refractivity contribution in [2.45, 2.75) is 38.6 Å². The average Bonchev–Trinajstić information content (AvgIpc) is 2.38. The van der Waals surface area contributed by atoms with Gasteiger partial charge < -0.3 is 21.5 Å². The van der Waals surface area contributed by atoms with E-state index in [-0.39, 0.29) is 18.6 Å². The summed E-state index contributed by atoms with van der Waals surface area (Å²) in [7, 11) is 0. The summed E-state index contributed by atoms with van der Waals surface area (Å²) >= 11 is 0. The highest BCUT2D eigenvalue weighted by Crippen LogP contribution is 2.31. The molecule has 0 spiro atoms. The molecule has 1 amide bonds. The van der Waals surface area contributed by atoms with Gasteiger partial charge in [0, 0.05) is 24.8 Å². The fraction of sp³-hybridized carbons (Fsp3) is 0.500. The lowest BCUT2D eigenvalue weighted by molar-refractivity contribution is -0.116. The zero-order chi connectivity index (χ0) is 13.8. The van der Waals surface area contributed by atoms with Crippen LogP contribution in [-0.4, -0.2) is 23.7 Å². The predicted octanol–water partition coefficient (Wildman–Crippen LogP) is 1.73. The molecule has 0 radical (unpaired) electrons. The molecule has 1 atom stereocenters. The number of nitrogens with one attached hydrogen (secondary N) is 2. The van der Waals surface area contributed by atoms with Crippen molar-refractivity contribution in [3.63, 3.8) is 0 Å². The Kier molecular flexibility index (Phi) is 4.27. The molecule has 5 nitrogen and oxygen atoms in total. The van der Waals surface area contributed by atoms with E-state index in [0.29, 0.717) is 12.1 Å². The number of fused-ring (bicyclic) bond motifs is 1. The van der Waals surface area contributed by atoms with E-state index in [2.05, 4.69) is 10.6 Å². The molecule has 5 N–H and O–H groups in total. The number of carbonyl (C=O) groups is 1. The Morgan fingerprint density at radius 2 is 2.26 bits per heavy atom. The summed E-state index contributed by atoms with van der Waals surface area (Å²) < 4.78 is 0. The number of nitrogen functional groups attached to an aromatic ring is 1. The minimum absolute atomic E-state index is 0.0524. The molecule has 0 fully saturated rings. The zero-order valence-corrected chi connectivity index (χ0v) is 11.2. The number of aliphatic hydroxyl groups excluding tert-OH is 1. The van der Waals surface area contributed by atoms with E-state index in [0.717, 1.165) is 36.2 Å². The Morgan fingerprint density at radius 3 is 3.00 bits per heavy atom. The van der Waals surface area contributed by atoms with E-state index in [1.54, 1.807) is 0 Å². The second-order valence-corrected chi connectivity index (χ2v) is 5.06. The standard InChI is InChI=1S/C14H21N3O2/c1-9(3-2-6-18)16-13-8-12-10(7-11(13)15)4-5-14(19)17-12/h7-9,16,18H,2-6,15H2,1H3,(H,17,19). The quantitative estimate of drug-likeness (QED) is 0.609. The van der Waals surface area contributed by atoms with Crippen LogP contribution in [-0.2, 0) is 11.2 Å². The summed E-state index contributed by atoms with van der Waals surface area (Å²) in [4.78, 5) is 11.4. The summed E-state index contributed by atoms with van der Waals surface area (Å²) in [6, 6.07) is 4.05. The van der Waals surface area contributed by atoms with Gasteiger partial charge in [-0.25, -0.2) is 0 Å². The molecule has 1 aromatic rings. The molecule has 1 heterocycles. The Bertz CT molecular complexity index is 474. The fourth-order valence-electron chi connectivity index (χ4n) is 2.31. The maximum atomic E-state index is 11.4. The van der Waals surface area contributed by atoms with Crippen molar-refractivity contribution >= 4 is 23.0 Å². The van der Waals surface area contributed by atoms with E-state index < -0.39 is 0 Å². The third-order valence-electron chi connectivity index (χ3n) is 3.37. The number of hydrogen-bond acceptors (Lipinski definition) is 4. The minimum Gasteiger partial charge on any atom is -0.397 e. The Balaban J connectivity index is 2.12. The van der Waals surface area contributed by atoms with Crippen molar-refractivity contribution in [3.8, 4) is 0 Å². The third kappa shape index (κ3) is 3.38. The summed E-state index contributed by atoms with van der Waals surface area (Å²) in [6.45, 7) is 2.24. The lowest BCUT2D eigenvalue weighted by Gasteiger charge is -2.22. The highest BCUT2D eigenvalue weighted by atomic mass is 16.2. The molecule has 0 saturated heterocycles. The van der Waals surface area contributed by atoms with Crippen molar-refractivity contribution in [1.82, 2.24) is 0 Å². The molecule has 1 aromatic carbocycles. The maximum Gasteiger partial charge on any atom is 0.224 e. The van der Waals surface area contributed by atoms with Gasteiger partial charge in [0.25, 0.3) is 0 Å². The summed E-state index contributed by atoms with van der Waals surface area (Å²) in [5, 5.41) is 15.0. The van der Waals surface area contributed by atoms with Crippen LogP contribution in [0, 0.1) is 0 Å². The molecule has 0 saturated carbocycles. The number of aliphatic hydroxyl groups is 1. The van der Waals surface area contributed by atoms with Gasteiger partial charge in [-0.15, -0.1) is 0 Å². The van der Waals surface area contributed by atoms with Crippen LogP contribution >= 0.6 is 0 Å². The van der Waals surface area contributed by atoms with Crippen LogP contribution in [0.2, 0.25) is 0 Å². The third-order valence-corrected chi connectivity index (χ3v) is 3.37. The number of aryl methyl sites for hydroxylation is 1. The van der Waals surface area contributed by atoms with Gasteiger partial charge in [0.15, 0.2) is 0 Å². The number of carbonyl (C=O) groups excluding carboxylic acids is 1. The van der Waals surface area contributed by atoms with Gasteiger partial charge in [-0.05, 0) is 43.9 Å². The first kappa shape index (κ1) is 13.7. The molecule has 5 heteroatoms. The van der Waals surface area contributed by atoms with Gasteiger partial charge in [-0.1, -0.05) is 0 Å². The average molecular weight is 263 g/mol. The lowest BCUT2D eigenvalue weighted by Crippen LogP contribution is -2.21. The maximum absolute atomic E-state index is 11.4. The van der Waals surface area contributed by atoms with Gasteiger partial charge in [-0.2, -0.15) is 0 Å². The number of rotatable bonds is 5. The van der Waals surface area contributed by atoms with Gasteiger partial charge in [0.1, 0.15) is 0 Å². The van der Waals surface area contributed by atoms with Crippen LogP contribution in [0.15, 0.2) is 12.1 Å². The highest BCUT2D eigenvalue weighted by Gasteiger charge is 2.17. The minimum atomic E-state index is 0.0524. The predicted molar refractivity (Wildman–Crippen MR) is 77.2 cm³/mol. The van der Waals surface area contributed by atoms with E-state index in [1.165, 1.54) is 0 Å². The number of nitrogens with two attached hydrogens (primary N) is 1. The molecule has 1 aliphatic heterocycles. The first-order valence-corrected chi connectivity index (χ1v) is 6.70. The Labute approximate surface area is 113 Å².